The van der Waals surface area contributed by atoms with Gasteiger partial charge in [-0.2, -0.15) is 0 Å². The van der Waals surface area contributed by atoms with Crippen molar-refractivity contribution in [1.29, 1.82) is 0 Å². The van der Waals surface area contributed by atoms with Gasteiger partial charge in [-0.25, -0.2) is 9.97 Å². The number of hydrogen-bond donors (Lipinski definition) is 1. The van der Waals surface area contributed by atoms with E-state index in [1.54, 1.807) is 7.11 Å². The van der Waals surface area contributed by atoms with E-state index in [1.807, 2.05) is 0 Å². The lowest BCUT2D eigenvalue weighted by Gasteiger charge is -2.18. The molecule has 1 N–H and O–H groups in total. The Kier molecular flexibility index (Phi) is 6.22. The van der Waals surface area contributed by atoms with Gasteiger partial charge in [-0.1, -0.05) is 31.9 Å². The molecular formula is C12H20ClN3O. The molecule has 0 fully saturated rings. The third-order valence-corrected chi connectivity index (χ3v) is 2.92. The van der Waals surface area contributed by atoms with Gasteiger partial charge >= 0.3 is 0 Å². The zero-order valence-electron chi connectivity index (χ0n) is 10.7. The van der Waals surface area contributed by atoms with Crippen LogP contribution in [0.4, 0.5) is 5.82 Å². The SMILES string of the molecule is CCCc1c(Cl)ncnc1NC(CC)COC. The topological polar surface area (TPSA) is 47.0 Å². The van der Waals surface area contributed by atoms with E-state index < -0.39 is 0 Å². The smallest absolute Gasteiger partial charge is 0.137 e. The summed E-state index contributed by atoms with van der Waals surface area (Å²) in [6, 6.07) is 0.251. The minimum atomic E-state index is 0.251. The summed E-state index contributed by atoms with van der Waals surface area (Å²) in [5.41, 5.74) is 0.992. The third-order valence-electron chi connectivity index (χ3n) is 2.59. The minimum absolute atomic E-state index is 0.251. The Morgan fingerprint density at radius 2 is 2.18 bits per heavy atom. The van der Waals surface area contributed by atoms with E-state index in [2.05, 4.69) is 29.1 Å². The first-order chi connectivity index (χ1) is 8.22. The molecule has 0 radical (unpaired) electrons. The molecule has 1 aromatic rings. The first kappa shape index (κ1) is 14.2. The molecule has 1 atom stereocenters. The molecule has 0 spiro atoms. The monoisotopic (exact) mass is 257 g/mol. The largest absolute Gasteiger partial charge is 0.383 e. The molecule has 1 heterocycles. The van der Waals surface area contributed by atoms with Crippen LogP contribution in [0, 0.1) is 0 Å². The summed E-state index contributed by atoms with van der Waals surface area (Å²) in [5.74, 6) is 0.829. The number of nitrogens with one attached hydrogen (secondary N) is 1. The number of aromatic nitrogens is 2. The fourth-order valence-electron chi connectivity index (χ4n) is 1.64. The maximum absolute atomic E-state index is 6.09. The Bertz CT molecular complexity index is 347. The normalized spacial score (nSPS) is 12.5. The van der Waals surface area contributed by atoms with Crippen LogP contribution in [0.5, 0.6) is 0 Å². The molecule has 0 saturated heterocycles. The van der Waals surface area contributed by atoms with Gasteiger partial charge in [0.05, 0.1) is 12.6 Å². The number of halogens is 1. The predicted octanol–water partition coefficient (Wildman–Crippen LogP) is 2.92. The van der Waals surface area contributed by atoms with Crippen LogP contribution in [0.2, 0.25) is 5.15 Å². The molecule has 1 aromatic heterocycles. The fourth-order valence-corrected chi connectivity index (χ4v) is 1.87. The van der Waals surface area contributed by atoms with Gasteiger partial charge in [0.2, 0.25) is 0 Å². The van der Waals surface area contributed by atoms with Crippen LogP contribution in [0.3, 0.4) is 0 Å². The van der Waals surface area contributed by atoms with Crippen molar-refractivity contribution in [3.05, 3.63) is 17.0 Å². The number of hydrogen-bond acceptors (Lipinski definition) is 4. The van der Waals surface area contributed by atoms with E-state index in [4.69, 9.17) is 16.3 Å². The predicted molar refractivity (Wildman–Crippen MR) is 70.6 cm³/mol. The molecule has 0 saturated carbocycles. The van der Waals surface area contributed by atoms with Crippen LogP contribution in [-0.4, -0.2) is 29.7 Å². The number of nitrogens with zero attached hydrogens (tertiary/aromatic N) is 2. The fraction of sp³-hybridized carbons (Fsp3) is 0.667. The maximum Gasteiger partial charge on any atom is 0.137 e. The highest BCUT2D eigenvalue weighted by Crippen LogP contribution is 2.22. The van der Waals surface area contributed by atoms with Crippen molar-refractivity contribution < 1.29 is 4.74 Å². The van der Waals surface area contributed by atoms with Crippen molar-refractivity contribution in [2.24, 2.45) is 0 Å². The van der Waals surface area contributed by atoms with Crippen LogP contribution in [0.15, 0.2) is 6.33 Å². The molecule has 4 nitrogen and oxygen atoms in total. The molecule has 0 amide bonds. The Hall–Kier alpha value is -0.870. The number of methoxy groups -OCH3 is 1. The summed E-state index contributed by atoms with van der Waals surface area (Å²) in [6.45, 7) is 4.88. The molecule has 0 aliphatic rings. The summed E-state index contributed by atoms with van der Waals surface area (Å²) >= 11 is 6.09. The Morgan fingerprint density at radius 3 is 2.76 bits per heavy atom. The van der Waals surface area contributed by atoms with E-state index in [-0.39, 0.29) is 6.04 Å². The molecule has 0 aliphatic carbocycles. The highest BCUT2D eigenvalue weighted by atomic mass is 35.5. The summed E-state index contributed by atoms with van der Waals surface area (Å²) < 4.78 is 5.16. The van der Waals surface area contributed by atoms with Gasteiger partial charge in [-0.3, -0.25) is 0 Å². The Labute approximate surface area is 108 Å². The molecule has 0 bridgehead atoms. The summed E-state index contributed by atoms with van der Waals surface area (Å²) in [4.78, 5) is 8.29. The van der Waals surface area contributed by atoms with E-state index in [0.717, 1.165) is 30.6 Å². The van der Waals surface area contributed by atoms with Crippen molar-refractivity contribution in [1.82, 2.24) is 9.97 Å². The molecule has 5 heteroatoms. The van der Waals surface area contributed by atoms with Gasteiger partial charge in [0.1, 0.15) is 17.3 Å². The molecular weight excluding hydrogens is 238 g/mol. The van der Waals surface area contributed by atoms with Gasteiger partial charge in [0, 0.05) is 12.7 Å². The standard InChI is InChI=1S/C12H20ClN3O/c1-4-6-10-11(13)14-8-15-12(10)16-9(5-2)7-17-3/h8-9H,4-7H2,1-3H3,(H,14,15,16). The van der Waals surface area contributed by atoms with Crippen LogP contribution in [-0.2, 0) is 11.2 Å². The Balaban J connectivity index is 2.84. The number of anilines is 1. The molecule has 17 heavy (non-hydrogen) atoms. The molecule has 0 aromatic carbocycles. The van der Waals surface area contributed by atoms with Gasteiger partial charge in [-0.05, 0) is 12.8 Å². The van der Waals surface area contributed by atoms with Crippen molar-refractivity contribution in [2.45, 2.75) is 39.2 Å². The molecule has 96 valence electrons. The van der Waals surface area contributed by atoms with E-state index in [9.17, 15) is 0 Å². The summed E-state index contributed by atoms with van der Waals surface area (Å²) in [7, 11) is 1.70. The lowest BCUT2D eigenvalue weighted by atomic mass is 10.1. The van der Waals surface area contributed by atoms with Gasteiger partial charge < -0.3 is 10.1 Å². The van der Waals surface area contributed by atoms with Crippen molar-refractivity contribution in [3.8, 4) is 0 Å². The van der Waals surface area contributed by atoms with E-state index >= 15 is 0 Å². The van der Waals surface area contributed by atoms with Crippen LogP contribution >= 0.6 is 11.6 Å². The average Bonchev–Trinajstić information content (AvgIpc) is 2.33. The zero-order valence-corrected chi connectivity index (χ0v) is 11.4. The van der Waals surface area contributed by atoms with Crippen LogP contribution in [0.25, 0.3) is 0 Å². The molecule has 1 unspecified atom stereocenters. The number of ether oxygens (including phenoxy) is 1. The summed E-state index contributed by atoms with van der Waals surface area (Å²) in [5, 5.41) is 3.90. The van der Waals surface area contributed by atoms with E-state index in [1.165, 1.54) is 6.33 Å². The van der Waals surface area contributed by atoms with Crippen LogP contribution in [0.1, 0.15) is 32.3 Å². The average molecular weight is 258 g/mol. The zero-order chi connectivity index (χ0) is 12.7. The third kappa shape index (κ3) is 4.13. The highest BCUT2D eigenvalue weighted by molar-refractivity contribution is 6.30. The van der Waals surface area contributed by atoms with Gasteiger partial charge in [0.15, 0.2) is 0 Å². The highest BCUT2D eigenvalue weighted by Gasteiger charge is 2.12. The second-order valence-corrected chi connectivity index (χ2v) is 4.30. The first-order valence-corrected chi connectivity index (χ1v) is 6.35. The molecule has 0 aliphatic heterocycles. The van der Waals surface area contributed by atoms with Crippen molar-refractivity contribution >= 4 is 17.4 Å². The minimum Gasteiger partial charge on any atom is -0.383 e. The second-order valence-electron chi connectivity index (χ2n) is 3.95. The van der Waals surface area contributed by atoms with Crippen molar-refractivity contribution in [2.75, 3.05) is 19.0 Å². The van der Waals surface area contributed by atoms with Gasteiger partial charge in [0.25, 0.3) is 0 Å². The quantitative estimate of drug-likeness (QED) is 0.763. The first-order valence-electron chi connectivity index (χ1n) is 5.97. The lowest BCUT2D eigenvalue weighted by molar-refractivity contribution is 0.184. The molecule has 1 rings (SSSR count). The lowest BCUT2D eigenvalue weighted by Crippen LogP contribution is -2.25. The Morgan fingerprint density at radius 1 is 1.41 bits per heavy atom. The van der Waals surface area contributed by atoms with Crippen LogP contribution < -0.4 is 5.32 Å². The number of rotatable bonds is 7. The summed E-state index contributed by atoms with van der Waals surface area (Å²) in [6.07, 6.45) is 4.36. The van der Waals surface area contributed by atoms with Gasteiger partial charge in [-0.15, -0.1) is 0 Å². The second kappa shape index (κ2) is 7.45. The maximum atomic E-state index is 6.09. The van der Waals surface area contributed by atoms with E-state index in [0.29, 0.717) is 11.8 Å². The van der Waals surface area contributed by atoms with Crippen molar-refractivity contribution in [3.63, 3.8) is 0 Å².